The van der Waals surface area contributed by atoms with Crippen molar-refractivity contribution in [3.63, 3.8) is 0 Å². The van der Waals surface area contributed by atoms with Gasteiger partial charge >= 0.3 is 0 Å². The minimum Gasteiger partial charge on any atom is -0.496 e. The zero-order valence-electron chi connectivity index (χ0n) is 10.0. The molecule has 1 aliphatic rings. The Labute approximate surface area is 100.0 Å². The fraction of sp³-hybridized carbons (Fsp3) is 0.462. The summed E-state index contributed by atoms with van der Waals surface area (Å²) in [5.41, 5.74) is 0.868. The van der Waals surface area contributed by atoms with Gasteiger partial charge in [0.15, 0.2) is 0 Å². The molecule has 1 aromatic carbocycles. The van der Waals surface area contributed by atoms with Crippen molar-refractivity contribution in [1.29, 1.82) is 0 Å². The molecule has 1 unspecified atom stereocenters. The van der Waals surface area contributed by atoms with E-state index in [2.05, 4.69) is 12.2 Å². The van der Waals surface area contributed by atoms with Gasteiger partial charge < -0.3 is 10.1 Å². The molecule has 0 aromatic heterocycles. The van der Waals surface area contributed by atoms with Crippen molar-refractivity contribution in [1.82, 2.24) is 5.32 Å². The number of benzene rings is 1. The van der Waals surface area contributed by atoms with Crippen LogP contribution in [-0.4, -0.2) is 19.6 Å². The van der Waals surface area contributed by atoms with E-state index >= 15 is 0 Å². The van der Waals surface area contributed by atoms with E-state index in [0.717, 1.165) is 18.4 Å². The second-order valence-corrected chi connectivity index (χ2v) is 4.23. The molecule has 0 saturated carbocycles. The number of fused-ring (bicyclic) bond motifs is 1. The number of ether oxygens (including phenoxy) is 1. The van der Waals surface area contributed by atoms with Gasteiger partial charge in [0, 0.05) is 18.0 Å². The Bertz CT molecular complexity index is 445. The molecule has 1 amide bonds. The average molecular weight is 237 g/mol. The number of hydrogen-bond acceptors (Lipinski definition) is 2. The lowest BCUT2D eigenvalue weighted by Crippen LogP contribution is -2.36. The lowest BCUT2D eigenvalue weighted by molar-refractivity contribution is 0.0933. The summed E-state index contributed by atoms with van der Waals surface area (Å²) in [6.07, 6.45) is 1.90. The van der Waals surface area contributed by atoms with E-state index in [9.17, 15) is 9.18 Å². The summed E-state index contributed by atoms with van der Waals surface area (Å²) in [7, 11) is 1.54. The third-order valence-corrected chi connectivity index (χ3v) is 3.16. The second kappa shape index (κ2) is 4.73. The number of methoxy groups -OCH3 is 1. The molecule has 0 saturated heterocycles. The fourth-order valence-electron chi connectivity index (χ4n) is 2.39. The molecular weight excluding hydrogens is 221 g/mol. The normalized spacial score (nSPS) is 18.5. The highest BCUT2D eigenvalue weighted by molar-refractivity contribution is 5.98. The molecule has 4 heteroatoms. The van der Waals surface area contributed by atoms with Crippen LogP contribution in [0.25, 0.3) is 0 Å². The summed E-state index contributed by atoms with van der Waals surface area (Å²) in [6.45, 7) is 2.63. The predicted octanol–water partition coefficient (Wildman–Crippen LogP) is 2.46. The molecule has 92 valence electrons. The maximum absolute atomic E-state index is 13.7. The summed E-state index contributed by atoms with van der Waals surface area (Å²) in [4.78, 5) is 11.7. The first-order valence-electron chi connectivity index (χ1n) is 5.83. The molecule has 0 spiro atoms. The van der Waals surface area contributed by atoms with Crippen molar-refractivity contribution in [2.24, 2.45) is 0 Å². The van der Waals surface area contributed by atoms with Crippen LogP contribution in [0.1, 0.15) is 41.6 Å². The summed E-state index contributed by atoms with van der Waals surface area (Å²) in [5, 5.41) is 2.73. The number of hydrogen-bond donors (Lipinski definition) is 1. The van der Waals surface area contributed by atoms with E-state index in [0.29, 0.717) is 12.3 Å². The van der Waals surface area contributed by atoms with E-state index in [4.69, 9.17) is 4.74 Å². The zero-order valence-corrected chi connectivity index (χ0v) is 10.0. The van der Waals surface area contributed by atoms with Gasteiger partial charge in [-0.15, -0.1) is 0 Å². The molecule has 2 rings (SSSR count). The van der Waals surface area contributed by atoms with Crippen LogP contribution in [0.5, 0.6) is 5.75 Å². The van der Waals surface area contributed by atoms with Crippen LogP contribution in [0.15, 0.2) is 12.1 Å². The lowest BCUT2D eigenvalue weighted by Gasteiger charge is -2.27. The van der Waals surface area contributed by atoms with Gasteiger partial charge in [0.05, 0.1) is 12.7 Å². The van der Waals surface area contributed by atoms with Crippen LogP contribution < -0.4 is 10.1 Å². The van der Waals surface area contributed by atoms with E-state index in [1.807, 2.05) is 0 Å². The lowest BCUT2D eigenvalue weighted by atomic mass is 9.86. The average Bonchev–Trinajstić information content (AvgIpc) is 2.33. The van der Waals surface area contributed by atoms with Crippen molar-refractivity contribution < 1.29 is 13.9 Å². The molecule has 1 atom stereocenters. The molecule has 1 heterocycles. The molecule has 0 bridgehead atoms. The van der Waals surface area contributed by atoms with Crippen LogP contribution in [0.2, 0.25) is 0 Å². The molecule has 0 fully saturated rings. The fourth-order valence-corrected chi connectivity index (χ4v) is 2.39. The minimum atomic E-state index is -0.473. The Morgan fingerprint density at radius 1 is 1.53 bits per heavy atom. The number of halogens is 1. The van der Waals surface area contributed by atoms with E-state index < -0.39 is 5.82 Å². The van der Waals surface area contributed by atoms with Crippen molar-refractivity contribution in [2.45, 2.75) is 25.7 Å². The van der Waals surface area contributed by atoms with Gasteiger partial charge in [0.25, 0.3) is 5.91 Å². The first kappa shape index (κ1) is 11.9. The van der Waals surface area contributed by atoms with E-state index in [-0.39, 0.29) is 17.4 Å². The van der Waals surface area contributed by atoms with Crippen molar-refractivity contribution in [3.05, 3.63) is 29.1 Å². The number of rotatable bonds is 3. The van der Waals surface area contributed by atoms with Crippen molar-refractivity contribution in [3.8, 4) is 5.75 Å². The Morgan fingerprint density at radius 3 is 2.94 bits per heavy atom. The van der Waals surface area contributed by atoms with Gasteiger partial charge in [-0.05, 0) is 18.6 Å². The maximum atomic E-state index is 13.7. The topological polar surface area (TPSA) is 38.3 Å². The number of amides is 1. The first-order chi connectivity index (χ1) is 8.19. The van der Waals surface area contributed by atoms with Gasteiger partial charge in [0.1, 0.15) is 11.6 Å². The number of nitrogens with one attached hydrogen (secondary N) is 1. The molecule has 1 aromatic rings. The van der Waals surface area contributed by atoms with Crippen LogP contribution in [0.4, 0.5) is 4.39 Å². The quantitative estimate of drug-likeness (QED) is 0.877. The highest BCUT2D eigenvalue weighted by atomic mass is 19.1. The minimum absolute atomic E-state index is 0.137. The Kier molecular flexibility index (Phi) is 3.31. The smallest absolute Gasteiger partial charge is 0.254 e. The Morgan fingerprint density at radius 2 is 2.29 bits per heavy atom. The maximum Gasteiger partial charge on any atom is 0.254 e. The van der Waals surface area contributed by atoms with E-state index in [1.165, 1.54) is 6.07 Å². The molecule has 17 heavy (non-hydrogen) atoms. The van der Waals surface area contributed by atoms with E-state index in [1.54, 1.807) is 13.2 Å². The second-order valence-electron chi connectivity index (χ2n) is 4.23. The Hall–Kier alpha value is -1.58. The van der Waals surface area contributed by atoms with Gasteiger partial charge in [-0.25, -0.2) is 4.39 Å². The van der Waals surface area contributed by atoms with Crippen LogP contribution >= 0.6 is 0 Å². The largest absolute Gasteiger partial charge is 0.496 e. The van der Waals surface area contributed by atoms with Gasteiger partial charge in [0.2, 0.25) is 0 Å². The summed E-state index contributed by atoms with van der Waals surface area (Å²) in [5.74, 6) is -0.0732. The molecule has 1 aliphatic heterocycles. The summed E-state index contributed by atoms with van der Waals surface area (Å²) >= 11 is 0. The third kappa shape index (κ3) is 1.99. The monoisotopic (exact) mass is 237 g/mol. The SMILES string of the molecule is CCCC1CNC(=O)c2c(F)ccc(OC)c21. The molecule has 0 aliphatic carbocycles. The molecule has 0 radical (unpaired) electrons. The van der Waals surface area contributed by atoms with Crippen LogP contribution in [0.3, 0.4) is 0 Å². The predicted molar refractivity (Wildman–Crippen MR) is 62.9 cm³/mol. The summed E-state index contributed by atoms with van der Waals surface area (Å²) in [6, 6.07) is 2.88. The highest BCUT2D eigenvalue weighted by Crippen LogP contribution is 2.36. The summed E-state index contributed by atoms with van der Waals surface area (Å²) < 4.78 is 19.0. The molecular formula is C13H16FNO2. The number of carbonyl (C=O) groups is 1. The first-order valence-corrected chi connectivity index (χ1v) is 5.83. The van der Waals surface area contributed by atoms with Crippen molar-refractivity contribution >= 4 is 5.91 Å². The van der Waals surface area contributed by atoms with Gasteiger partial charge in [-0.1, -0.05) is 13.3 Å². The zero-order chi connectivity index (χ0) is 12.4. The Balaban J connectivity index is 2.57. The standard InChI is InChI=1S/C13H16FNO2/c1-3-4-8-7-15-13(16)12-9(14)5-6-10(17-2)11(8)12/h5-6,8H,3-4,7H2,1-2H3,(H,15,16). The van der Waals surface area contributed by atoms with Gasteiger partial charge in [-0.2, -0.15) is 0 Å². The van der Waals surface area contributed by atoms with Crippen LogP contribution in [-0.2, 0) is 0 Å². The third-order valence-electron chi connectivity index (χ3n) is 3.16. The molecule has 1 N–H and O–H groups in total. The molecule has 3 nitrogen and oxygen atoms in total. The highest BCUT2D eigenvalue weighted by Gasteiger charge is 2.30. The van der Waals surface area contributed by atoms with Crippen molar-refractivity contribution in [2.75, 3.05) is 13.7 Å². The number of carbonyl (C=O) groups excluding carboxylic acids is 1. The van der Waals surface area contributed by atoms with Gasteiger partial charge in [-0.3, -0.25) is 4.79 Å². The van der Waals surface area contributed by atoms with Crippen LogP contribution in [0, 0.1) is 5.82 Å².